The summed E-state index contributed by atoms with van der Waals surface area (Å²) >= 11 is 0. The van der Waals surface area contributed by atoms with Crippen molar-refractivity contribution in [3.63, 3.8) is 0 Å². The molecule has 2 unspecified atom stereocenters. The first-order chi connectivity index (χ1) is 9.36. The molecule has 0 spiro atoms. The monoisotopic (exact) mass is 275 g/mol. The van der Waals surface area contributed by atoms with Gasteiger partial charge in [-0.2, -0.15) is 0 Å². The van der Waals surface area contributed by atoms with Crippen LogP contribution in [0.15, 0.2) is 35.3 Å². The van der Waals surface area contributed by atoms with Gasteiger partial charge in [0.25, 0.3) is 0 Å². The summed E-state index contributed by atoms with van der Waals surface area (Å²) in [6.45, 7) is 11.8. The lowest BCUT2D eigenvalue weighted by atomic mass is 9.86. The van der Waals surface area contributed by atoms with Gasteiger partial charge in [0.05, 0.1) is 12.4 Å². The Morgan fingerprint density at radius 1 is 1.35 bits per heavy atom. The van der Waals surface area contributed by atoms with Gasteiger partial charge < -0.3 is 14.3 Å². The van der Waals surface area contributed by atoms with Crippen LogP contribution >= 0.6 is 0 Å². The van der Waals surface area contributed by atoms with Crippen LogP contribution in [0.25, 0.3) is 0 Å². The number of rotatable bonds is 5. The van der Waals surface area contributed by atoms with Gasteiger partial charge in [-0.15, -0.1) is 0 Å². The largest absolute Gasteiger partial charge is 0.465 e. The molecule has 0 aliphatic rings. The van der Waals surface area contributed by atoms with Crippen molar-refractivity contribution < 1.29 is 4.42 Å². The standard InChI is InChI=1S/C16H25N3O/c1-12-6-7-14(20-12)13(2)18-15(16(3,4)5)10-19-9-8-17-11-19/h6-9,11,13,15,18H,10H2,1-5H3. The average molecular weight is 275 g/mol. The van der Waals surface area contributed by atoms with Gasteiger partial charge in [-0.05, 0) is 31.4 Å². The molecule has 2 rings (SSSR count). The van der Waals surface area contributed by atoms with Crippen molar-refractivity contribution in [3.05, 3.63) is 42.4 Å². The molecule has 4 heteroatoms. The van der Waals surface area contributed by atoms with E-state index < -0.39 is 0 Å². The van der Waals surface area contributed by atoms with E-state index in [1.54, 1.807) is 0 Å². The Morgan fingerprint density at radius 2 is 2.10 bits per heavy atom. The van der Waals surface area contributed by atoms with Crippen molar-refractivity contribution in [2.24, 2.45) is 5.41 Å². The Morgan fingerprint density at radius 3 is 2.60 bits per heavy atom. The third kappa shape index (κ3) is 3.73. The molecule has 0 saturated heterocycles. The smallest absolute Gasteiger partial charge is 0.120 e. The third-order valence-corrected chi connectivity index (χ3v) is 3.64. The molecule has 2 atom stereocenters. The van der Waals surface area contributed by atoms with Gasteiger partial charge in [0.1, 0.15) is 11.5 Å². The first kappa shape index (κ1) is 14.9. The Kier molecular flexibility index (Phi) is 4.33. The minimum Gasteiger partial charge on any atom is -0.465 e. The average Bonchev–Trinajstić information content (AvgIpc) is 2.98. The molecule has 0 bridgehead atoms. The predicted molar refractivity (Wildman–Crippen MR) is 80.5 cm³/mol. The number of imidazole rings is 1. The zero-order valence-corrected chi connectivity index (χ0v) is 13.1. The summed E-state index contributed by atoms with van der Waals surface area (Å²) in [5.41, 5.74) is 0.153. The van der Waals surface area contributed by atoms with Crippen LogP contribution in [0, 0.1) is 12.3 Å². The second-order valence-corrected chi connectivity index (χ2v) is 6.51. The normalized spacial score (nSPS) is 15.2. The molecule has 0 aliphatic carbocycles. The van der Waals surface area contributed by atoms with Gasteiger partial charge in [-0.1, -0.05) is 20.8 Å². The first-order valence-corrected chi connectivity index (χ1v) is 7.14. The lowest BCUT2D eigenvalue weighted by molar-refractivity contribution is 0.217. The Labute approximate surface area is 121 Å². The molecule has 2 aromatic heterocycles. The molecule has 110 valence electrons. The van der Waals surface area contributed by atoms with Gasteiger partial charge in [-0.3, -0.25) is 0 Å². The van der Waals surface area contributed by atoms with Gasteiger partial charge in [-0.25, -0.2) is 4.98 Å². The number of furan rings is 1. The molecule has 20 heavy (non-hydrogen) atoms. The van der Waals surface area contributed by atoms with Crippen molar-refractivity contribution in [2.75, 3.05) is 0 Å². The van der Waals surface area contributed by atoms with Gasteiger partial charge >= 0.3 is 0 Å². The SMILES string of the molecule is Cc1ccc(C(C)NC(Cn2ccnc2)C(C)(C)C)o1. The summed E-state index contributed by atoms with van der Waals surface area (Å²) in [7, 11) is 0. The minimum absolute atomic E-state index is 0.153. The molecule has 0 amide bonds. The summed E-state index contributed by atoms with van der Waals surface area (Å²) < 4.78 is 7.83. The molecule has 2 heterocycles. The van der Waals surface area contributed by atoms with Crippen molar-refractivity contribution >= 4 is 0 Å². The Hall–Kier alpha value is -1.55. The van der Waals surface area contributed by atoms with Crippen LogP contribution in [0.4, 0.5) is 0 Å². The molecule has 1 N–H and O–H groups in total. The van der Waals surface area contributed by atoms with Crippen LogP contribution in [-0.4, -0.2) is 15.6 Å². The number of hydrogen-bond acceptors (Lipinski definition) is 3. The molecule has 0 radical (unpaired) electrons. The van der Waals surface area contributed by atoms with Crippen LogP contribution in [0.3, 0.4) is 0 Å². The number of nitrogens with one attached hydrogen (secondary N) is 1. The van der Waals surface area contributed by atoms with Crippen LogP contribution in [-0.2, 0) is 6.54 Å². The van der Waals surface area contributed by atoms with Gasteiger partial charge in [0, 0.05) is 25.0 Å². The summed E-state index contributed by atoms with van der Waals surface area (Å²) in [4.78, 5) is 4.11. The molecule has 0 fully saturated rings. The number of nitrogens with zero attached hydrogens (tertiary/aromatic N) is 2. The van der Waals surface area contributed by atoms with E-state index in [4.69, 9.17) is 4.42 Å². The first-order valence-electron chi connectivity index (χ1n) is 7.14. The van der Waals surface area contributed by atoms with E-state index >= 15 is 0 Å². The van der Waals surface area contributed by atoms with Crippen molar-refractivity contribution in [1.29, 1.82) is 0 Å². The van der Waals surface area contributed by atoms with E-state index in [2.05, 4.69) is 42.6 Å². The Balaban J connectivity index is 2.08. The molecule has 0 aromatic carbocycles. The van der Waals surface area contributed by atoms with Crippen LogP contribution in [0.2, 0.25) is 0 Å². The molecule has 0 saturated carbocycles. The quantitative estimate of drug-likeness (QED) is 0.907. The fraction of sp³-hybridized carbons (Fsp3) is 0.562. The summed E-state index contributed by atoms with van der Waals surface area (Å²) in [6, 6.07) is 4.58. The maximum absolute atomic E-state index is 5.71. The Bertz CT molecular complexity index is 522. The van der Waals surface area contributed by atoms with E-state index in [9.17, 15) is 0 Å². The number of hydrogen-bond donors (Lipinski definition) is 1. The summed E-state index contributed by atoms with van der Waals surface area (Å²) in [5, 5.41) is 3.68. The van der Waals surface area contributed by atoms with Crippen molar-refractivity contribution in [3.8, 4) is 0 Å². The maximum atomic E-state index is 5.71. The minimum atomic E-state index is 0.153. The van der Waals surface area contributed by atoms with Crippen molar-refractivity contribution in [1.82, 2.24) is 14.9 Å². The lowest BCUT2D eigenvalue weighted by Gasteiger charge is -2.34. The highest BCUT2D eigenvalue weighted by Gasteiger charge is 2.27. The fourth-order valence-electron chi connectivity index (χ4n) is 2.25. The number of aryl methyl sites for hydroxylation is 1. The molecular weight excluding hydrogens is 250 g/mol. The van der Waals surface area contributed by atoms with E-state index in [-0.39, 0.29) is 11.5 Å². The zero-order valence-electron chi connectivity index (χ0n) is 13.1. The van der Waals surface area contributed by atoms with Crippen molar-refractivity contribution in [2.45, 2.75) is 53.2 Å². The second-order valence-electron chi connectivity index (χ2n) is 6.51. The van der Waals surface area contributed by atoms with E-state index in [1.807, 2.05) is 37.8 Å². The highest BCUT2D eigenvalue weighted by molar-refractivity contribution is 5.09. The predicted octanol–water partition coefficient (Wildman–Crippen LogP) is 3.55. The fourth-order valence-corrected chi connectivity index (χ4v) is 2.25. The van der Waals surface area contributed by atoms with E-state index in [0.29, 0.717) is 6.04 Å². The number of aromatic nitrogens is 2. The highest BCUT2D eigenvalue weighted by Crippen LogP contribution is 2.25. The molecular formula is C16H25N3O. The maximum Gasteiger partial charge on any atom is 0.120 e. The molecule has 0 aliphatic heterocycles. The second kappa shape index (κ2) is 5.83. The van der Waals surface area contributed by atoms with Crippen LogP contribution in [0.1, 0.15) is 45.3 Å². The van der Waals surface area contributed by atoms with Crippen LogP contribution < -0.4 is 5.32 Å². The third-order valence-electron chi connectivity index (χ3n) is 3.64. The summed E-state index contributed by atoms with van der Waals surface area (Å²) in [5.74, 6) is 1.94. The van der Waals surface area contributed by atoms with Gasteiger partial charge in [0.2, 0.25) is 0 Å². The topological polar surface area (TPSA) is 43.0 Å². The van der Waals surface area contributed by atoms with Crippen LogP contribution in [0.5, 0.6) is 0 Å². The highest BCUT2D eigenvalue weighted by atomic mass is 16.3. The molecule has 4 nitrogen and oxygen atoms in total. The molecule has 2 aromatic rings. The van der Waals surface area contributed by atoms with Gasteiger partial charge in [0.15, 0.2) is 0 Å². The van der Waals surface area contributed by atoms with E-state index in [1.165, 1.54) is 0 Å². The van der Waals surface area contributed by atoms with E-state index in [0.717, 1.165) is 18.1 Å². The zero-order chi connectivity index (χ0) is 14.8. The lowest BCUT2D eigenvalue weighted by Crippen LogP contribution is -2.44. The summed E-state index contributed by atoms with van der Waals surface area (Å²) in [6.07, 6.45) is 5.68.